The maximum atomic E-state index is 12.3. The molecule has 0 saturated carbocycles. The van der Waals surface area contributed by atoms with Gasteiger partial charge in [-0.25, -0.2) is 4.79 Å². The highest BCUT2D eigenvalue weighted by Gasteiger charge is 2.20. The number of benzene rings is 1. The molecule has 0 unspecified atom stereocenters. The summed E-state index contributed by atoms with van der Waals surface area (Å²) in [6.07, 6.45) is 0. The first-order chi connectivity index (χ1) is 10.5. The third kappa shape index (κ3) is 4.71. The van der Waals surface area contributed by atoms with Crippen molar-refractivity contribution in [2.45, 2.75) is 13.8 Å². The third-order valence-corrected chi connectivity index (χ3v) is 4.28. The van der Waals surface area contributed by atoms with Gasteiger partial charge in [-0.05, 0) is 51.2 Å². The summed E-state index contributed by atoms with van der Waals surface area (Å²) in [6, 6.07) is 6.05. The zero-order valence-electron chi connectivity index (χ0n) is 14.2. The zero-order chi connectivity index (χ0) is 16.1. The molecule has 0 bridgehead atoms. The van der Waals surface area contributed by atoms with Crippen LogP contribution in [-0.2, 0) is 0 Å². The van der Waals surface area contributed by atoms with Crippen LogP contribution in [0.3, 0.4) is 0 Å². The van der Waals surface area contributed by atoms with Gasteiger partial charge in [-0.2, -0.15) is 0 Å². The topological polar surface area (TPSA) is 38.8 Å². The van der Waals surface area contributed by atoms with Gasteiger partial charge in [-0.15, -0.1) is 0 Å². The number of nitrogens with zero attached hydrogens (tertiary/aromatic N) is 3. The van der Waals surface area contributed by atoms with E-state index < -0.39 is 0 Å². The molecule has 0 atom stereocenters. The highest BCUT2D eigenvalue weighted by atomic mass is 16.2. The van der Waals surface area contributed by atoms with Crippen molar-refractivity contribution in [3.05, 3.63) is 29.3 Å². The quantitative estimate of drug-likeness (QED) is 0.925. The average molecular weight is 304 g/mol. The molecule has 1 fully saturated rings. The van der Waals surface area contributed by atoms with E-state index >= 15 is 0 Å². The summed E-state index contributed by atoms with van der Waals surface area (Å²) in [5, 5.41) is 3.00. The number of likely N-dealkylation sites (N-methyl/N-ethyl adjacent to an activating group) is 1. The minimum Gasteiger partial charge on any atom is -0.322 e. The van der Waals surface area contributed by atoms with Gasteiger partial charge in [0.05, 0.1) is 0 Å². The predicted octanol–water partition coefficient (Wildman–Crippen LogP) is 2.01. The molecule has 2 amide bonds. The lowest BCUT2D eigenvalue weighted by Crippen LogP contribution is -2.51. The first-order valence-electron chi connectivity index (χ1n) is 7.96. The van der Waals surface area contributed by atoms with Crippen LogP contribution in [0, 0.1) is 13.8 Å². The molecule has 1 saturated heterocycles. The predicted molar refractivity (Wildman–Crippen MR) is 91.5 cm³/mol. The molecule has 22 heavy (non-hydrogen) atoms. The van der Waals surface area contributed by atoms with Gasteiger partial charge in [0, 0.05) is 45.0 Å². The fourth-order valence-corrected chi connectivity index (χ4v) is 2.54. The lowest BCUT2D eigenvalue weighted by atomic mass is 10.1. The molecule has 1 N–H and O–H groups in total. The number of rotatable bonds is 4. The van der Waals surface area contributed by atoms with E-state index in [9.17, 15) is 4.79 Å². The van der Waals surface area contributed by atoms with Crippen LogP contribution in [0.5, 0.6) is 0 Å². The molecule has 0 aromatic heterocycles. The molecule has 2 rings (SSSR count). The maximum Gasteiger partial charge on any atom is 0.321 e. The van der Waals surface area contributed by atoms with Gasteiger partial charge in [0.2, 0.25) is 0 Å². The molecule has 1 aromatic carbocycles. The lowest BCUT2D eigenvalue weighted by Gasteiger charge is -2.35. The number of amides is 2. The Bertz CT molecular complexity index is 507. The largest absolute Gasteiger partial charge is 0.322 e. The van der Waals surface area contributed by atoms with Gasteiger partial charge in [0.15, 0.2) is 0 Å². The number of hydrogen-bond donors (Lipinski definition) is 1. The molecule has 0 spiro atoms. The van der Waals surface area contributed by atoms with Crippen LogP contribution < -0.4 is 5.32 Å². The van der Waals surface area contributed by atoms with Crippen molar-refractivity contribution in [2.75, 3.05) is 58.7 Å². The Balaban J connectivity index is 1.81. The lowest BCUT2D eigenvalue weighted by molar-refractivity contribution is 0.140. The molecule has 1 aromatic rings. The molecule has 1 aliphatic heterocycles. The van der Waals surface area contributed by atoms with E-state index in [0.717, 1.165) is 45.0 Å². The maximum absolute atomic E-state index is 12.3. The molecular formula is C17H28N4O. The first-order valence-corrected chi connectivity index (χ1v) is 7.96. The van der Waals surface area contributed by atoms with Crippen molar-refractivity contribution < 1.29 is 4.79 Å². The fraction of sp³-hybridized carbons (Fsp3) is 0.588. The summed E-state index contributed by atoms with van der Waals surface area (Å²) in [5.74, 6) is 0. The second-order valence-electron chi connectivity index (χ2n) is 6.36. The van der Waals surface area contributed by atoms with Crippen LogP contribution in [0.1, 0.15) is 11.1 Å². The van der Waals surface area contributed by atoms with Crippen LogP contribution in [-0.4, -0.2) is 74.1 Å². The highest BCUT2D eigenvalue weighted by molar-refractivity contribution is 5.89. The highest BCUT2D eigenvalue weighted by Crippen LogP contribution is 2.15. The van der Waals surface area contributed by atoms with Crippen LogP contribution in [0.25, 0.3) is 0 Å². The van der Waals surface area contributed by atoms with Crippen molar-refractivity contribution in [1.29, 1.82) is 0 Å². The van der Waals surface area contributed by atoms with E-state index in [1.54, 1.807) is 0 Å². The number of nitrogens with one attached hydrogen (secondary N) is 1. The third-order valence-electron chi connectivity index (χ3n) is 4.28. The number of carbonyl (C=O) groups is 1. The van der Waals surface area contributed by atoms with Crippen LogP contribution >= 0.6 is 0 Å². The number of anilines is 1. The van der Waals surface area contributed by atoms with Gasteiger partial charge in [-0.3, -0.25) is 4.90 Å². The Morgan fingerprint density at radius 2 is 1.82 bits per heavy atom. The summed E-state index contributed by atoms with van der Waals surface area (Å²) in [4.78, 5) is 18.8. The Kier molecular flexibility index (Phi) is 5.80. The molecule has 122 valence electrons. The van der Waals surface area contributed by atoms with Crippen LogP contribution in [0.4, 0.5) is 10.5 Å². The minimum atomic E-state index is 0.00973. The summed E-state index contributed by atoms with van der Waals surface area (Å²) < 4.78 is 0. The second kappa shape index (κ2) is 7.61. The second-order valence-corrected chi connectivity index (χ2v) is 6.36. The molecule has 5 heteroatoms. The van der Waals surface area contributed by atoms with Gasteiger partial charge >= 0.3 is 6.03 Å². The SMILES string of the molecule is Cc1ccc(NC(=O)N2CCN(CCN(C)C)CC2)cc1C. The fourth-order valence-electron chi connectivity index (χ4n) is 2.54. The van der Waals surface area contributed by atoms with Gasteiger partial charge in [-0.1, -0.05) is 6.07 Å². The summed E-state index contributed by atoms with van der Waals surface area (Å²) in [5.41, 5.74) is 3.32. The summed E-state index contributed by atoms with van der Waals surface area (Å²) in [6.45, 7) is 9.77. The summed E-state index contributed by atoms with van der Waals surface area (Å²) >= 11 is 0. The van der Waals surface area contributed by atoms with Gasteiger partial charge in [0.1, 0.15) is 0 Å². The molecule has 1 heterocycles. The number of piperazine rings is 1. The molecular weight excluding hydrogens is 276 g/mol. The molecule has 0 radical (unpaired) electrons. The Morgan fingerprint density at radius 1 is 1.14 bits per heavy atom. The van der Waals surface area contributed by atoms with E-state index in [1.165, 1.54) is 11.1 Å². The Labute approximate surface area is 133 Å². The first kappa shape index (κ1) is 16.8. The average Bonchev–Trinajstić information content (AvgIpc) is 2.49. The molecule has 0 aliphatic carbocycles. The van der Waals surface area contributed by atoms with Crippen LogP contribution in [0.2, 0.25) is 0 Å². The normalized spacial score (nSPS) is 16.1. The van der Waals surface area contributed by atoms with E-state index in [2.05, 4.69) is 43.1 Å². The Hall–Kier alpha value is -1.59. The smallest absolute Gasteiger partial charge is 0.321 e. The van der Waals surface area contributed by atoms with Crippen molar-refractivity contribution in [3.63, 3.8) is 0 Å². The zero-order valence-corrected chi connectivity index (χ0v) is 14.2. The van der Waals surface area contributed by atoms with Crippen molar-refractivity contribution in [3.8, 4) is 0 Å². The van der Waals surface area contributed by atoms with Crippen LogP contribution in [0.15, 0.2) is 18.2 Å². The summed E-state index contributed by atoms with van der Waals surface area (Å²) in [7, 11) is 4.18. The van der Waals surface area contributed by atoms with Gasteiger partial charge < -0.3 is 15.1 Å². The number of aryl methyl sites for hydroxylation is 2. The minimum absolute atomic E-state index is 0.00973. The van der Waals surface area contributed by atoms with E-state index in [4.69, 9.17) is 0 Å². The van der Waals surface area contributed by atoms with Crippen molar-refractivity contribution in [1.82, 2.24) is 14.7 Å². The van der Waals surface area contributed by atoms with E-state index in [0.29, 0.717) is 0 Å². The number of urea groups is 1. The Morgan fingerprint density at radius 3 is 2.41 bits per heavy atom. The van der Waals surface area contributed by atoms with E-state index in [-0.39, 0.29) is 6.03 Å². The standard InChI is InChI=1S/C17H28N4O/c1-14-5-6-16(13-15(14)2)18-17(22)21-11-9-20(10-12-21)8-7-19(3)4/h5-6,13H,7-12H2,1-4H3,(H,18,22). The number of hydrogen-bond acceptors (Lipinski definition) is 3. The monoisotopic (exact) mass is 304 g/mol. The van der Waals surface area contributed by atoms with E-state index in [1.807, 2.05) is 23.1 Å². The number of carbonyl (C=O) groups excluding carboxylic acids is 1. The van der Waals surface area contributed by atoms with Crippen molar-refractivity contribution in [2.24, 2.45) is 0 Å². The van der Waals surface area contributed by atoms with Gasteiger partial charge in [0.25, 0.3) is 0 Å². The molecule has 5 nitrogen and oxygen atoms in total. The van der Waals surface area contributed by atoms with Crippen molar-refractivity contribution >= 4 is 11.7 Å². The molecule has 1 aliphatic rings.